The van der Waals surface area contributed by atoms with E-state index in [2.05, 4.69) is 10.2 Å². The summed E-state index contributed by atoms with van der Waals surface area (Å²) in [4.78, 5) is 14.5. The fourth-order valence-corrected chi connectivity index (χ4v) is 3.43. The second-order valence-corrected chi connectivity index (χ2v) is 6.77. The number of piperidine rings is 1. The molecule has 1 fully saturated rings. The highest BCUT2D eigenvalue weighted by molar-refractivity contribution is 5.79. The maximum absolute atomic E-state index is 13.9. The lowest BCUT2D eigenvalue weighted by Crippen LogP contribution is -2.40. The van der Waals surface area contributed by atoms with Crippen molar-refractivity contribution >= 4 is 5.91 Å². The summed E-state index contributed by atoms with van der Waals surface area (Å²) < 4.78 is 19.7. The molecule has 0 N–H and O–H groups in total. The van der Waals surface area contributed by atoms with E-state index in [1.807, 2.05) is 35.2 Å². The normalized spacial score (nSPS) is 17.1. The van der Waals surface area contributed by atoms with E-state index >= 15 is 0 Å². The van der Waals surface area contributed by atoms with Crippen LogP contribution in [0, 0.1) is 5.82 Å². The van der Waals surface area contributed by atoms with E-state index < -0.39 is 5.82 Å². The van der Waals surface area contributed by atoms with Crippen molar-refractivity contribution in [2.75, 3.05) is 13.1 Å². The van der Waals surface area contributed by atoms with Crippen LogP contribution < -0.4 is 0 Å². The Morgan fingerprint density at radius 3 is 2.70 bits per heavy atom. The minimum atomic E-state index is -0.393. The molecule has 5 nitrogen and oxygen atoms in total. The number of carbonyl (C=O) groups is 1. The fraction of sp³-hybridized carbons (Fsp3) is 0.286. The van der Waals surface area contributed by atoms with E-state index in [1.54, 1.807) is 18.2 Å². The Bertz CT molecular complexity index is 926. The summed E-state index contributed by atoms with van der Waals surface area (Å²) in [5.41, 5.74) is 1.30. The first-order chi connectivity index (χ1) is 13.2. The Balaban J connectivity index is 1.46. The van der Waals surface area contributed by atoms with Crippen LogP contribution in [0.25, 0.3) is 11.5 Å². The highest BCUT2D eigenvalue weighted by Gasteiger charge is 2.28. The number of carbonyl (C=O) groups excluding carboxylic acids is 1. The quantitative estimate of drug-likeness (QED) is 0.705. The van der Waals surface area contributed by atoms with Gasteiger partial charge in [0.2, 0.25) is 11.8 Å². The second kappa shape index (κ2) is 7.70. The lowest BCUT2D eigenvalue weighted by atomic mass is 9.97. The molecule has 138 valence electrons. The fourth-order valence-electron chi connectivity index (χ4n) is 3.43. The van der Waals surface area contributed by atoms with E-state index in [4.69, 9.17) is 4.42 Å². The van der Waals surface area contributed by atoms with Crippen LogP contribution in [0.1, 0.15) is 30.2 Å². The molecule has 0 saturated carbocycles. The molecule has 1 atom stereocenters. The van der Waals surface area contributed by atoms with Gasteiger partial charge in [-0.2, -0.15) is 0 Å². The first-order valence-electron chi connectivity index (χ1n) is 9.10. The van der Waals surface area contributed by atoms with E-state index in [0.29, 0.717) is 24.4 Å². The van der Waals surface area contributed by atoms with Crippen LogP contribution >= 0.6 is 0 Å². The molecular weight excluding hydrogens is 345 g/mol. The lowest BCUT2D eigenvalue weighted by Gasteiger charge is -2.31. The summed E-state index contributed by atoms with van der Waals surface area (Å²) >= 11 is 0. The van der Waals surface area contributed by atoms with Gasteiger partial charge in [0.1, 0.15) is 5.82 Å². The number of aromatic nitrogens is 2. The molecule has 2 aromatic carbocycles. The van der Waals surface area contributed by atoms with E-state index in [1.165, 1.54) is 6.07 Å². The van der Waals surface area contributed by atoms with Gasteiger partial charge in [-0.15, -0.1) is 10.2 Å². The number of rotatable bonds is 4. The zero-order valence-corrected chi connectivity index (χ0v) is 14.8. The molecule has 0 spiro atoms. The number of amides is 1. The molecule has 1 aliphatic rings. The molecule has 0 bridgehead atoms. The lowest BCUT2D eigenvalue weighted by molar-refractivity contribution is -0.131. The molecule has 27 heavy (non-hydrogen) atoms. The molecule has 1 aliphatic heterocycles. The Kier molecular flexibility index (Phi) is 4.96. The molecule has 2 heterocycles. The third kappa shape index (κ3) is 3.89. The Hall–Kier alpha value is -3.02. The monoisotopic (exact) mass is 365 g/mol. The van der Waals surface area contributed by atoms with Crippen LogP contribution in [-0.4, -0.2) is 34.1 Å². The number of hydrogen-bond donors (Lipinski definition) is 0. The average molecular weight is 365 g/mol. The average Bonchev–Trinajstić information content (AvgIpc) is 3.19. The van der Waals surface area contributed by atoms with Gasteiger partial charge in [-0.1, -0.05) is 42.5 Å². The van der Waals surface area contributed by atoms with Crippen molar-refractivity contribution in [3.63, 3.8) is 0 Å². The molecular formula is C21H20FN3O2. The van der Waals surface area contributed by atoms with Gasteiger partial charge in [-0.05, 0) is 30.5 Å². The Labute approximate surface area is 156 Å². The van der Waals surface area contributed by atoms with Gasteiger partial charge in [0.05, 0.1) is 17.9 Å². The third-order valence-corrected chi connectivity index (χ3v) is 4.87. The first kappa shape index (κ1) is 17.4. The van der Waals surface area contributed by atoms with Crippen LogP contribution in [0.15, 0.2) is 59.0 Å². The van der Waals surface area contributed by atoms with Crippen molar-refractivity contribution < 1.29 is 13.6 Å². The van der Waals surface area contributed by atoms with Crippen molar-refractivity contribution in [2.24, 2.45) is 0 Å². The van der Waals surface area contributed by atoms with Gasteiger partial charge < -0.3 is 9.32 Å². The summed E-state index contributed by atoms with van der Waals surface area (Å²) in [5, 5.41) is 8.11. The molecule has 6 heteroatoms. The Morgan fingerprint density at radius 2 is 1.89 bits per heavy atom. The Morgan fingerprint density at radius 1 is 1.11 bits per heavy atom. The van der Waals surface area contributed by atoms with Gasteiger partial charge in [-0.25, -0.2) is 4.39 Å². The maximum Gasteiger partial charge on any atom is 0.250 e. The van der Waals surface area contributed by atoms with Crippen LogP contribution in [0.2, 0.25) is 0 Å². The molecule has 0 aliphatic carbocycles. The van der Waals surface area contributed by atoms with E-state index in [9.17, 15) is 9.18 Å². The van der Waals surface area contributed by atoms with Gasteiger partial charge in [-0.3, -0.25) is 4.79 Å². The van der Waals surface area contributed by atoms with Crippen molar-refractivity contribution in [3.8, 4) is 11.5 Å². The zero-order chi connectivity index (χ0) is 18.6. The highest BCUT2D eigenvalue weighted by Crippen LogP contribution is 2.29. The molecule has 1 aromatic heterocycles. The number of nitrogens with zero attached hydrogens (tertiary/aromatic N) is 3. The third-order valence-electron chi connectivity index (χ3n) is 4.87. The van der Waals surface area contributed by atoms with Gasteiger partial charge >= 0.3 is 0 Å². The SMILES string of the molecule is O=C(Cc1ccccc1)N1CCC[C@@H](c2nnc(-c3ccccc3F)o2)C1. The molecule has 4 rings (SSSR count). The topological polar surface area (TPSA) is 59.2 Å². The van der Waals surface area contributed by atoms with Crippen molar-refractivity contribution in [1.29, 1.82) is 0 Å². The molecule has 0 radical (unpaired) electrons. The van der Waals surface area contributed by atoms with Crippen LogP contribution in [0.3, 0.4) is 0 Å². The summed E-state index contributed by atoms with van der Waals surface area (Å²) in [7, 11) is 0. The van der Waals surface area contributed by atoms with Crippen molar-refractivity contribution in [1.82, 2.24) is 15.1 Å². The predicted molar refractivity (Wildman–Crippen MR) is 98.4 cm³/mol. The maximum atomic E-state index is 13.9. The number of halogens is 1. The molecule has 1 amide bonds. The predicted octanol–water partition coefficient (Wildman–Crippen LogP) is 3.82. The van der Waals surface area contributed by atoms with Crippen molar-refractivity contribution in [2.45, 2.75) is 25.2 Å². The molecule has 0 unspecified atom stereocenters. The van der Waals surface area contributed by atoms with Gasteiger partial charge in [0.25, 0.3) is 5.89 Å². The minimum absolute atomic E-state index is 0.0218. The van der Waals surface area contributed by atoms with Crippen LogP contribution in [0.5, 0.6) is 0 Å². The smallest absolute Gasteiger partial charge is 0.250 e. The summed E-state index contributed by atoms with van der Waals surface area (Å²) in [6.45, 7) is 1.28. The number of hydrogen-bond acceptors (Lipinski definition) is 4. The van der Waals surface area contributed by atoms with E-state index in [0.717, 1.165) is 24.9 Å². The van der Waals surface area contributed by atoms with Gasteiger partial charge in [0.15, 0.2) is 0 Å². The van der Waals surface area contributed by atoms with E-state index in [-0.39, 0.29) is 17.7 Å². The summed E-state index contributed by atoms with van der Waals surface area (Å²) in [5.74, 6) is 0.323. The standard InChI is InChI=1S/C21H20FN3O2/c22-18-11-5-4-10-17(18)21-24-23-20(27-21)16-9-6-12-25(14-16)19(26)13-15-7-2-1-3-8-15/h1-5,7-8,10-11,16H,6,9,12-14H2/t16-/m1/s1. The number of likely N-dealkylation sites (tertiary alicyclic amines) is 1. The van der Waals surface area contributed by atoms with Crippen LogP contribution in [0.4, 0.5) is 4.39 Å². The van der Waals surface area contributed by atoms with Crippen molar-refractivity contribution in [3.05, 3.63) is 71.9 Å². The largest absolute Gasteiger partial charge is 0.420 e. The summed E-state index contributed by atoms with van der Waals surface area (Å²) in [6.07, 6.45) is 2.13. The molecule has 3 aromatic rings. The minimum Gasteiger partial charge on any atom is -0.420 e. The second-order valence-electron chi connectivity index (χ2n) is 6.77. The number of benzene rings is 2. The first-order valence-corrected chi connectivity index (χ1v) is 9.10. The summed E-state index contributed by atoms with van der Waals surface area (Å²) in [6, 6.07) is 16.0. The highest BCUT2D eigenvalue weighted by atomic mass is 19.1. The zero-order valence-electron chi connectivity index (χ0n) is 14.8. The molecule has 1 saturated heterocycles. The van der Waals surface area contributed by atoms with Gasteiger partial charge in [0, 0.05) is 13.1 Å². The van der Waals surface area contributed by atoms with Crippen LogP contribution in [-0.2, 0) is 11.2 Å².